The van der Waals surface area contributed by atoms with E-state index in [4.69, 9.17) is 19.2 Å². The fourth-order valence-corrected chi connectivity index (χ4v) is 4.54. The first-order valence-corrected chi connectivity index (χ1v) is 11.9. The van der Waals surface area contributed by atoms with Gasteiger partial charge in [0.05, 0.1) is 38.1 Å². The van der Waals surface area contributed by atoms with Gasteiger partial charge in [-0.15, -0.1) is 0 Å². The summed E-state index contributed by atoms with van der Waals surface area (Å²) in [5.74, 6) is 1.77. The first kappa shape index (κ1) is 22.4. The van der Waals surface area contributed by atoms with Crippen molar-refractivity contribution in [3.63, 3.8) is 0 Å². The average Bonchev–Trinajstić information content (AvgIpc) is 2.89. The number of para-hydroxylation sites is 1. The van der Waals surface area contributed by atoms with Crippen molar-refractivity contribution in [3.05, 3.63) is 78.4 Å². The summed E-state index contributed by atoms with van der Waals surface area (Å²) >= 11 is 0. The van der Waals surface area contributed by atoms with Crippen LogP contribution in [-0.4, -0.2) is 49.9 Å². The van der Waals surface area contributed by atoms with Crippen molar-refractivity contribution in [3.8, 4) is 33.9 Å². The molecule has 4 aromatic rings. The minimum atomic E-state index is 0.637. The number of hydrogen-bond acceptors (Lipinski definition) is 5. The molecule has 1 aliphatic rings. The molecule has 34 heavy (non-hydrogen) atoms. The number of benzene rings is 3. The maximum Gasteiger partial charge on any atom is 0.123 e. The molecule has 5 heteroatoms. The molecule has 0 saturated carbocycles. The first-order valence-electron chi connectivity index (χ1n) is 11.9. The largest absolute Gasteiger partial charge is 0.496 e. The van der Waals surface area contributed by atoms with Crippen molar-refractivity contribution < 1.29 is 14.2 Å². The van der Waals surface area contributed by atoms with E-state index in [0.29, 0.717) is 6.61 Å². The second-order valence-corrected chi connectivity index (χ2v) is 8.45. The lowest BCUT2D eigenvalue weighted by Gasteiger charge is -2.27. The van der Waals surface area contributed by atoms with Gasteiger partial charge < -0.3 is 14.2 Å². The van der Waals surface area contributed by atoms with Crippen molar-refractivity contribution in [1.29, 1.82) is 0 Å². The third-order valence-electron chi connectivity index (χ3n) is 6.25. The van der Waals surface area contributed by atoms with Crippen molar-refractivity contribution in [1.82, 2.24) is 9.88 Å². The summed E-state index contributed by atoms with van der Waals surface area (Å²) in [6, 6.07) is 25.1. The van der Waals surface area contributed by atoms with Crippen LogP contribution in [0.5, 0.6) is 11.5 Å². The maximum absolute atomic E-state index is 5.73. The number of fused-ring (bicyclic) bond motifs is 1. The van der Waals surface area contributed by atoms with Gasteiger partial charge in [-0.1, -0.05) is 36.4 Å². The maximum atomic E-state index is 5.73. The lowest BCUT2D eigenvalue weighted by atomic mass is 9.96. The van der Waals surface area contributed by atoms with Crippen LogP contribution in [0.4, 0.5) is 0 Å². The molecule has 174 valence electrons. The minimum Gasteiger partial charge on any atom is -0.496 e. The molecule has 2 heterocycles. The van der Waals surface area contributed by atoms with E-state index < -0.39 is 0 Å². The molecule has 1 fully saturated rings. The highest BCUT2D eigenvalue weighted by atomic mass is 16.5. The number of methoxy groups -OCH3 is 1. The zero-order chi connectivity index (χ0) is 23.3. The Bertz CT molecular complexity index is 1280. The van der Waals surface area contributed by atoms with Gasteiger partial charge in [-0.3, -0.25) is 4.90 Å². The molecule has 0 N–H and O–H groups in total. The van der Waals surface area contributed by atoms with E-state index in [-0.39, 0.29) is 0 Å². The van der Waals surface area contributed by atoms with Crippen molar-refractivity contribution in [2.24, 2.45) is 0 Å². The normalized spacial score (nSPS) is 14.3. The van der Waals surface area contributed by atoms with Gasteiger partial charge in [0.1, 0.15) is 11.5 Å². The third kappa shape index (κ3) is 4.76. The van der Waals surface area contributed by atoms with Gasteiger partial charge in [-0.25, -0.2) is 4.98 Å². The first-order chi connectivity index (χ1) is 16.7. The topological polar surface area (TPSA) is 43.8 Å². The van der Waals surface area contributed by atoms with E-state index in [1.165, 1.54) is 5.56 Å². The van der Waals surface area contributed by atoms with Gasteiger partial charge in [0.2, 0.25) is 0 Å². The summed E-state index contributed by atoms with van der Waals surface area (Å²) in [6.45, 7) is 6.90. The van der Waals surface area contributed by atoms with Crippen LogP contribution in [-0.2, 0) is 11.3 Å². The Hall–Kier alpha value is -3.41. The van der Waals surface area contributed by atoms with E-state index >= 15 is 0 Å². The molecule has 0 aliphatic carbocycles. The van der Waals surface area contributed by atoms with E-state index in [2.05, 4.69) is 59.5 Å². The summed E-state index contributed by atoms with van der Waals surface area (Å²) in [7, 11) is 1.74. The fraction of sp³-hybridized carbons (Fsp3) is 0.276. The molecular weight excluding hydrogens is 424 g/mol. The number of pyridine rings is 1. The molecule has 1 aliphatic heterocycles. The standard InChI is InChI=1S/C29H30N2O3/c1-3-34-24-8-6-7-22(18-24)28-19-26(25-9-4-5-10-27(25)30-28)21-11-12-29(32-2)23(17-21)20-31-13-15-33-16-14-31/h4-12,17-19H,3,13-16,20H2,1-2H3. The number of nitrogens with zero attached hydrogens (tertiary/aromatic N) is 2. The molecule has 0 unspecified atom stereocenters. The third-order valence-corrected chi connectivity index (χ3v) is 6.25. The zero-order valence-corrected chi connectivity index (χ0v) is 19.8. The molecule has 0 bridgehead atoms. The van der Waals surface area contributed by atoms with Crippen LogP contribution >= 0.6 is 0 Å². The Balaban J connectivity index is 1.60. The molecule has 5 rings (SSSR count). The molecule has 5 nitrogen and oxygen atoms in total. The summed E-state index contributed by atoms with van der Waals surface area (Å²) in [5.41, 5.74) is 6.45. The predicted molar refractivity (Wildman–Crippen MR) is 136 cm³/mol. The number of ether oxygens (including phenoxy) is 3. The molecule has 1 saturated heterocycles. The smallest absolute Gasteiger partial charge is 0.123 e. The van der Waals surface area contributed by atoms with Gasteiger partial charge in [-0.05, 0) is 54.4 Å². The highest BCUT2D eigenvalue weighted by Crippen LogP contribution is 2.35. The van der Waals surface area contributed by atoms with Crippen LogP contribution in [0.2, 0.25) is 0 Å². The predicted octanol–water partition coefficient (Wildman–Crippen LogP) is 5.81. The summed E-state index contributed by atoms with van der Waals surface area (Å²) in [4.78, 5) is 7.40. The molecule has 3 aromatic carbocycles. The monoisotopic (exact) mass is 454 g/mol. The van der Waals surface area contributed by atoms with Crippen molar-refractivity contribution in [2.75, 3.05) is 40.0 Å². The van der Waals surface area contributed by atoms with E-state index in [9.17, 15) is 0 Å². The van der Waals surface area contributed by atoms with Crippen molar-refractivity contribution in [2.45, 2.75) is 13.5 Å². The van der Waals surface area contributed by atoms with E-state index in [1.54, 1.807) is 7.11 Å². The molecular formula is C29H30N2O3. The van der Waals surface area contributed by atoms with Gasteiger partial charge in [-0.2, -0.15) is 0 Å². The summed E-state index contributed by atoms with van der Waals surface area (Å²) < 4.78 is 17.0. The lowest BCUT2D eigenvalue weighted by molar-refractivity contribution is 0.0339. The quantitative estimate of drug-likeness (QED) is 0.353. The van der Waals surface area contributed by atoms with E-state index in [1.807, 2.05) is 25.1 Å². The van der Waals surface area contributed by atoms with E-state index in [0.717, 1.165) is 77.6 Å². The summed E-state index contributed by atoms with van der Waals surface area (Å²) in [5, 5.41) is 1.13. The zero-order valence-electron chi connectivity index (χ0n) is 19.8. The Morgan fingerprint density at radius 2 is 1.76 bits per heavy atom. The van der Waals surface area contributed by atoms with Crippen LogP contribution < -0.4 is 9.47 Å². The summed E-state index contributed by atoms with van der Waals surface area (Å²) in [6.07, 6.45) is 0. The van der Waals surface area contributed by atoms with Crippen LogP contribution in [0, 0.1) is 0 Å². The van der Waals surface area contributed by atoms with Crippen LogP contribution in [0.3, 0.4) is 0 Å². The lowest BCUT2D eigenvalue weighted by Crippen LogP contribution is -2.35. The highest BCUT2D eigenvalue weighted by molar-refractivity contribution is 5.97. The van der Waals surface area contributed by atoms with Gasteiger partial charge >= 0.3 is 0 Å². The van der Waals surface area contributed by atoms with Crippen molar-refractivity contribution >= 4 is 10.9 Å². The Morgan fingerprint density at radius 3 is 2.59 bits per heavy atom. The second kappa shape index (κ2) is 10.2. The van der Waals surface area contributed by atoms with Crippen LogP contribution in [0.25, 0.3) is 33.3 Å². The van der Waals surface area contributed by atoms with Crippen LogP contribution in [0.15, 0.2) is 72.8 Å². The Kier molecular flexibility index (Phi) is 6.74. The molecule has 0 atom stereocenters. The van der Waals surface area contributed by atoms with Gasteiger partial charge in [0.25, 0.3) is 0 Å². The molecule has 0 spiro atoms. The minimum absolute atomic E-state index is 0.637. The number of hydrogen-bond donors (Lipinski definition) is 0. The Labute approximate surface area is 200 Å². The van der Waals surface area contributed by atoms with Gasteiger partial charge in [0, 0.05) is 36.1 Å². The fourth-order valence-electron chi connectivity index (χ4n) is 4.54. The average molecular weight is 455 g/mol. The Morgan fingerprint density at radius 1 is 0.912 bits per heavy atom. The highest BCUT2D eigenvalue weighted by Gasteiger charge is 2.16. The van der Waals surface area contributed by atoms with Gasteiger partial charge in [0.15, 0.2) is 0 Å². The number of aromatic nitrogens is 1. The second-order valence-electron chi connectivity index (χ2n) is 8.45. The molecule has 0 radical (unpaired) electrons. The number of morpholine rings is 1. The molecule has 1 aromatic heterocycles. The number of rotatable bonds is 7. The van der Waals surface area contributed by atoms with Crippen LogP contribution in [0.1, 0.15) is 12.5 Å². The SMILES string of the molecule is CCOc1cccc(-c2cc(-c3ccc(OC)c(CN4CCOCC4)c3)c3ccccc3n2)c1. The molecule has 0 amide bonds.